The van der Waals surface area contributed by atoms with Gasteiger partial charge in [-0.3, -0.25) is 0 Å². The summed E-state index contributed by atoms with van der Waals surface area (Å²) in [5.74, 6) is 1.44. The topological polar surface area (TPSA) is 38.7 Å². The summed E-state index contributed by atoms with van der Waals surface area (Å²) in [4.78, 5) is 0. The zero-order valence-corrected chi connectivity index (χ0v) is 10.4. The molecule has 1 aromatic rings. The van der Waals surface area contributed by atoms with E-state index in [1.54, 1.807) is 14.0 Å². The largest absolute Gasteiger partial charge is 0.497 e. The van der Waals surface area contributed by atoms with Gasteiger partial charge in [-0.15, -0.1) is 0 Å². The van der Waals surface area contributed by atoms with Crippen molar-refractivity contribution in [3.63, 3.8) is 0 Å². The monoisotopic (exact) mass is 224 g/mol. The van der Waals surface area contributed by atoms with Crippen molar-refractivity contribution in [1.82, 2.24) is 0 Å². The molecule has 0 spiro atoms. The second-order valence-electron chi connectivity index (χ2n) is 3.92. The minimum absolute atomic E-state index is 0.129. The molecular formula is C13H20O3. The molecule has 16 heavy (non-hydrogen) atoms. The van der Waals surface area contributed by atoms with E-state index in [0.717, 1.165) is 17.7 Å². The summed E-state index contributed by atoms with van der Waals surface area (Å²) in [6, 6.07) is 5.47. The Hall–Kier alpha value is -1.22. The second kappa shape index (κ2) is 5.75. The first kappa shape index (κ1) is 12.8. The van der Waals surface area contributed by atoms with E-state index < -0.39 is 6.10 Å². The summed E-state index contributed by atoms with van der Waals surface area (Å²) >= 11 is 0. The smallest absolute Gasteiger partial charge is 0.129 e. The third-order valence-corrected chi connectivity index (χ3v) is 2.57. The van der Waals surface area contributed by atoms with Gasteiger partial charge in [0.2, 0.25) is 0 Å². The van der Waals surface area contributed by atoms with Gasteiger partial charge >= 0.3 is 0 Å². The van der Waals surface area contributed by atoms with Gasteiger partial charge in [0, 0.05) is 11.6 Å². The van der Waals surface area contributed by atoms with Gasteiger partial charge in [-0.25, -0.2) is 0 Å². The van der Waals surface area contributed by atoms with Gasteiger partial charge in [-0.2, -0.15) is 0 Å². The van der Waals surface area contributed by atoms with Crippen LogP contribution in [0.4, 0.5) is 0 Å². The Bertz CT molecular complexity index is 334. The number of methoxy groups -OCH3 is 1. The fraction of sp³-hybridized carbons (Fsp3) is 0.538. The van der Waals surface area contributed by atoms with Crippen molar-refractivity contribution in [1.29, 1.82) is 0 Å². The number of hydrogen-bond donors (Lipinski definition) is 1. The Morgan fingerprint density at radius 3 is 2.50 bits per heavy atom. The van der Waals surface area contributed by atoms with Crippen molar-refractivity contribution < 1.29 is 14.6 Å². The minimum Gasteiger partial charge on any atom is -0.497 e. The van der Waals surface area contributed by atoms with Crippen LogP contribution in [0.15, 0.2) is 18.2 Å². The Balaban J connectivity index is 3.00. The lowest BCUT2D eigenvalue weighted by atomic mass is 10.1. The molecule has 0 saturated heterocycles. The molecule has 0 radical (unpaired) electrons. The van der Waals surface area contributed by atoms with E-state index in [1.807, 2.05) is 25.1 Å². The van der Waals surface area contributed by atoms with Gasteiger partial charge in [-0.1, -0.05) is 6.92 Å². The number of hydrogen-bond acceptors (Lipinski definition) is 3. The predicted octanol–water partition coefficient (Wildman–Crippen LogP) is 2.93. The maximum atomic E-state index is 9.63. The van der Waals surface area contributed by atoms with Gasteiger partial charge in [-0.05, 0) is 32.4 Å². The highest BCUT2D eigenvalue weighted by atomic mass is 16.5. The summed E-state index contributed by atoms with van der Waals surface area (Å²) in [7, 11) is 1.62. The van der Waals surface area contributed by atoms with E-state index in [1.165, 1.54) is 0 Å². The molecule has 1 N–H and O–H groups in total. The molecule has 1 aromatic carbocycles. The molecule has 0 aliphatic heterocycles. The lowest BCUT2D eigenvalue weighted by Gasteiger charge is -2.18. The molecule has 0 saturated carbocycles. The van der Waals surface area contributed by atoms with Crippen molar-refractivity contribution in [2.24, 2.45) is 0 Å². The predicted molar refractivity (Wildman–Crippen MR) is 64.0 cm³/mol. The number of aliphatic hydroxyl groups is 1. The molecular weight excluding hydrogens is 204 g/mol. The summed E-state index contributed by atoms with van der Waals surface area (Å²) in [5.41, 5.74) is 0.793. The van der Waals surface area contributed by atoms with Crippen molar-refractivity contribution in [3.05, 3.63) is 23.8 Å². The van der Waals surface area contributed by atoms with Crippen LogP contribution < -0.4 is 9.47 Å². The third kappa shape index (κ3) is 3.14. The summed E-state index contributed by atoms with van der Waals surface area (Å²) in [5, 5.41) is 9.63. The Kier molecular flexibility index (Phi) is 4.62. The molecule has 2 atom stereocenters. The van der Waals surface area contributed by atoms with Gasteiger partial charge in [0.15, 0.2) is 0 Å². The fourth-order valence-corrected chi connectivity index (χ4v) is 1.39. The van der Waals surface area contributed by atoms with Crippen LogP contribution in [0.3, 0.4) is 0 Å². The summed E-state index contributed by atoms with van der Waals surface area (Å²) in [6.07, 6.45) is 0.519. The standard InChI is InChI=1S/C13H20O3/c1-5-9(2)16-13-8-11(15-4)6-7-12(13)10(3)14/h6-10,14H,5H2,1-4H3/t9?,10-/m0/s1. The number of rotatable bonds is 5. The Morgan fingerprint density at radius 2 is 2.00 bits per heavy atom. The van der Waals surface area contributed by atoms with Gasteiger partial charge in [0.05, 0.1) is 19.3 Å². The lowest BCUT2D eigenvalue weighted by Crippen LogP contribution is -2.12. The summed E-state index contributed by atoms with van der Waals surface area (Å²) < 4.78 is 10.9. The molecule has 0 aromatic heterocycles. The maximum Gasteiger partial charge on any atom is 0.129 e. The number of aliphatic hydroxyl groups excluding tert-OH is 1. The average Bonchev–Trinajstić information content (AvgIpc) is 2.28. The third-order valence-electron chi connectivity index (χ3n) is 2.57. The molecule has 90 valence electrons. The van der Waals surface area contributed by atoms with Crippen LogP contribution in [0, 0.1) is 0 Å². The molecule has 1 rings (SSSR count). The first-order chi connectivity index (χ1) is 7.58. The van der Waals surface area contributed by atoms with E-state index in [2.05, 4.69) is 6.92 Å². The molecule has 0 aliphatic carbocycles. The van der Waals surface area contributed by atoms with Crippen LogP contribution >= 0.6 is 0 Å². The Labute approximate surface area is 97.0 Å². The fourth-order valence-electron chi connectivity index (χ4n) is 1.39. The lowest BCUT2D eigenvalue weighted by molar-refractivity contribution is 0.176. The van der Waals surface area contributed by atoms with Gasteiger partial charge in [0.1, 0.15) is 11.5 Å². The van der Waals surface area contributed by atoms with E-state index in [-0.39, 0.29) is 6.10 Å². The van der Waals surface area contributed by atoms with E-state index in [9.17, 15) is 5.11 Å². The van der Waals surface area contributed by atoms with Crippen LogP contribution in [0.25, 0.3) is 0 Å². The molecule has 0 amide bonds. The van der Waals surface area contributed by atoms with Crippen molar-refractivity contribution in [3.8, 4) is 11.5 Å². The minimum atomic E-state index is -0.537. The van der Waals surface area contributed by atoms with Crippen LogP contribution in [-0.2, 0) is 0 Å². The van der Waals surface area contributed by atoms with E-state index in [4.69, 9.17) is 9.47 Å². The van der Waals surface area contributed by atoms with E-state index in [0.29, 0.717) is 5.75 Å². The average molecular weight is 224 g/mol. The zero-order chi connectivity index (χ0) is 12.1. The molecule has 0 fully saturated rings. The van der Waals surface area contributed by atoms with Crippen molar-refractivity contribution in [2.45, 2.75) is 39.4 Å². The first-order valence-corrected chi connectivity index (χ1v) is 5.61. The Morgan fingerprint density at radius 1 is 1.31 bits per heavy atom. The molecule has 3 heteroatoms. The maximum absolute atomic E-state index is 9.63. The van der Waals surface area contributed by atoms with Crippen LogP contribution in [0.5, 0.6) is 11.5 Å². The SMILES string of the molecule is CCC(C)Oc1cc(OC)ccc1[C@H](C)O. The highest BCUT2D eigenvalue weighted by Gasteiger charge is 2.12. The van der Waals surface area contributed by atoms with Crippen LogP contribution in [0.2, 0.25) is 0 Å². The van der Waals surface area contributed by atoms with Crippen LogP contribution in [-0.4, -0.2) is 18.3 Å². The van der Waals surface area contributed by atoms with Gasteiger partial charge < -0.3 is 14.6 Å². The molecule has 0 aliphatic rings. The zero-order valence-electron chi connectivity index (χ0n) is 10.4. The quantitative estimate of drug-likeness (QED) is 0.835. The number of benzene rings is 1. The van der Waals surface area contributed by atoms with Crippen molar-refractivity contribution >= 4 is 0 Å². The highest BCUT2D eigenvalue weighted by Crippen LogP contribution is 2.30. The van der Waals surface area contributed by atoms with Crippen molar-refractivity contribution in [2.75, 3.05) is 7.11 Å². The highest BCUT2D eigenvalue weighted by molar-refractivity contribution is 5.41. The van der Waals surface area contributed by atoms with Gasteiger partial charge in [0.25, 0.3) is 0 Å². The number of ether oxygens (including phenoxy) is 2. The van der Waals surface area contributed by atoms with Crippen LogP contribution in [0.1, 0.15) is 38.9 Å². The summed E-state index contributed by atoms with van der Waals surface area (Å²) in [6.45, 7) is 5.80. The second-order valence-corrected chi connectivity index (χ2v) is 3.92. The molecule has 0 heterocycles. The molecule has 0 bridgehead atoms. The molecule has 3 nitrogen and oxygen atoms in total. The molecule has 1 unspecified atom stereocenters. The normalized spacial score (nSPS) is 14.3. The van der Waals surface area contributed by atoms with E-state index >= 15 is 0 Å². The first-order valence-electron chi connectivity index (χ1n) is 5.61.